The predicted molar refractivity (Wildman–Crippen MR) is 99.0 cm³/mol. The lowest BCUT2D eigenvalue weighted by Crippen LogP contribution is -2.39. The van der Waals surface area contributed by atoms with Crippen LogP contribution in [0.2, 0.25) is 0 Å². The summed E-state index contributed by atoms with van der Waals surface area (Å²) in [4.78, 5) is 50.5. The van der Waals surface area contributed by atoms with Gasteiger partial charge in [-0.05, 0) is 33.6 Å². The summed E-state index contributed by atoms with van der Waals surface area (Å²) in [5.74, 6) is -2.50. The number of esters is 1. The summed E-state index contributed by atoms with van der Waals surface area (Å²) in [6.07, 6.45) is 2.14. The zero-order valence-corrected chi connectivity index (χ0v) is 16.7. The van der Waals surface area contributed by atoms with Gasteiger partial charge in [0, 0.05) is 7.05 Å². The van der Waals surface area contributed by atoms with Crippen molar-refractivity contribution in [3.05, 3.63) is 11.4 Å². The van der Waals surface area contributed by atoms with Crippen molar-refractivity contribution >= 4 is 29.4 Å². The van der Waals surface area contributed by atoms with Crippen molar-refractivity contribution in [1.82, 2.24) is 14.7 Å². The summed E-state index contributed by atoms with van der Waals surface area (Å²) in [6.45, 7) is 4.58. The van der Waals surface area contributed by atoms with Gasteiger partial charge in [0.1, 0.15) is 6.54 Å². The molecule has 28 heavy (non-hydrogen) atoms. The highest BCUT2D eigenvalue weighted by Crippen LogP contribution is 2.37. The van der Waals surface area contributed by atoms with E-state index in [4.69, 9.17) is 4.74 Å². The van der Waals surface area contributed by atoms with Gasteiger partial charge in [-0.3, -0.25) is 28.8 Å². The van der Waals surface area contributed by atoms with Crippen LogP contribution in [0.1, 0.15) is 44.0 Å². The number of fused-ring (bicyclic) bond motifs is 1. The molecule has 0 radical (unpaired) electrons. The van der Waals surface area contributed by atoms with Gasteiger partial charge in [0.05, 0.1) is 28.9 Å². The lowest BCUT2D eigenvalue weighted by atomic mass is 9.81. The van der Waals surface area contributed by atoms with Crippen molar-refractivity contribution < 1.29 is 23.9 Å². The first-order valence-corrected chi connectivity index (χ1v) is 9.56. The number of ether oxygens (including phenoxy) is 1. The molecule has 2 heterocycles. The van der Waals surface area contributed by atoms with Gasteiger partial charge in [0.25, 0.3) is 5.91 Å². The first kappa shape index (κ1) is 20.0. The van der Waals surface area contributed by atoms with Crippen LogP contribution in [0.5, 0.6) is 0 Å². The Kier molecular flexibility index (Phi) is 5.53. The number of anilines is 1. The lowest BCUT2D eigenvalue weighted by Gasteiger charge is -2.19. The quantitative estimate of drug-likeness (QED) is 0.595. The molecule has 1 aliphatic heterocycles. The Labute approximate surface area is 163 Å². The highest BCUT2D eigenvalue weighted by Gasteiger charge is 2.48. The number of aromatic nitrogens is 2. The molecule has 0 bridgehead atoms. The molecular formula is C19H26N4O5. The van der Waals surface area contributed by atoms with E-state index in [1.54, 1.807) is 18.7 Å². The summed E-state index contributed by atoms with van der Waals surface area (Å²) in [5.41, 5.74) is 2.01. The zero-order valence-electron chi connectivity index (χ0n) is 16.7. The molecule has 1 saturated heterocycles. The Morgan fingerprint density at radius 2 is 1.75 bits per heavy atom. The van der Waals surface area contributed by atoms with Gasteiger partial charge in [-0.1, -0.05) is 12.8 Å². The average Bonchev–Trinajstić information content (AvgIpc) is 3.04. The van der Waals surface area contributed by atoms with Gasteiger partial charge in [-0.15, -0.1) is 0 Å². The van der Waals surface area contributed by atoms with E-state index >= 15 is 0 Å². The summed E-state index contributed by atoms with van der Waals surface area (Å²) >= 11 is 0. The van der Waals surface area contributed by atoms with E-state index in [9.17, 15) is 19.2 Å². The van der Waals surface area contributed by atoms with Crippen molar-refractivity contribution in [3.63, 3.8) is 0 Å². The van der Waals surface area contributed by atoms with Crippen molar-refractivity contribution in [3.8, 4) is 0 Å². The van der Waals surface area contributed by atoms with E-state index in [2.05, 4.69) is 10.4 Å². The highest BCUT2D eigenvalue weighted by atomic mass is 16.5. The molecular weight excluding hydrogens is 364 g/mol. The fraction of sp³-hybridized carbons (Fsp3) is 0.632. The molecule has 0 aromatic carbocycles. The Balaban J connectivity index is 1.57. The standard InChI is InChI=1S/C19H26N4O5/c1-10-16(11(2)22(4)21-10)20-17(25)12(3)28-15(24)9-23-18(26)13-7-5-6-8-14(13)19(23)27/h12-14H,5-9H2,1-4H3,(H,20,25)/t12-,13+,14+/m1/s1. The summed E-state index contributed by atoms with van der Waals surface area (Å²) in [7, 11) is 1.77. The molecule has 3 amide bonds. The van der Waals surface area contributed by atoms with Gasteiger partial charge in [-0.25, -0.2) is 0 Å². The largest absolute Gasteiger partial charge is 0.451 e. The summed E-state index contributed by atoms with van der Waals surface area (Å²) in [5, 5.41) is 6.93. The molecule has 9 heteroatoms. The molecule has 3 atom stereocenters. The van der Waals surface area contributed by atoms with E-state index in [1.165, 1.54) is 6.92 Å². The SMILES string of the molecule is Cc1nn(C)c(C)c1NC(=O)[C@@H](C)OC(=O)CN1C(=O)[C@H]2CCCC[C@@H]2C1=O. The van der Waals surface area contributed by atoms with Crippen molar-refractivity contribution in [1.29, 1.82) is 0 Å². The fourth-order valence-electron chi connectivity index (χ4n) is 3.98. The number of hydrogen-bond acceptors (Lipinski definition) is 6. The minimum absolute atomic E-state index is 0.301. The molecule has 1 aliphatic carbocycles. The van der Waals surface area contributed by atoms with Crippen LogP contribution in [0.25, 0.3) is 0 Å². The molecule has 152 valence electrons. The number of nitrogens with one attached hydrogen (secondary N) is 1. The van der Waals surface area contributed by atoms with Crippen LogP contribution in [-0.4, -0.2) is 51.0 Å². The van der Waals surface area contributed by atoms with Crippen molar-refractivity contribution in [2.75, 3.05) is 11.9 Å². The van der Waals surface area contributed by atoms with Crippen LogP contribution in [0, 0.1) is 25.7 Å². The van der Waals surface area contributed by atoms with Gasteiger partial charge >= 0.3 is 5.97 Å². The van der Waals surface area contributed by atoms with E-state index in [-0.39, 0.29) is 23.7 Å². The number of rotatable bonds is 5. The third-order valence-electron chi connectivity index (χ3n) is 5.65. The second-order valence-corrected chi connectivity index (χ2v) is 7.55. The van der Waals surface area contributed by atoms with E-state index in [1.807, 2.05) is 6.92 Å². The smallest absolute Gasteiger partial charge is 0.326 e. The topological polar surface area (TPSA) is 111 Å². The minimum atomic E-state index is -1.07. The molecule has 1 aromatic rings. The number of nitrogens with zero attached hydrogens (tertiary/aromatic N) is 3. The maximum absolute atomic E-state index is 12.4. The molecule has 3 rings (SSSR count). The molecule has 1 N–H and O–H groups in total. The van der Waals surface area contributed by atoms with E-state index in [0.29, 0.717) is 24.2 Å². The molecule has 0 spiro atoms. The van der Waals surface area contributed by atoms with Crippen LogP contribution in [0.3, 0.4) is 0 Å². The fourth-order valence-corrected chi connectivity index (χ4v) is 3.98. The van der Waals surface area contributed by atoms with E-state index in [0.717, 1.165) is 23.4 Å². The first-order chi connectivity index (χ1) is 13.2. The second kappa shape index (κ2) is 7.73. The monoisotopic (exact) mass is 390 g/mol. The maximum Gasteiger partial charge on any atom is 0.326 e. The van der Waals surface area contributed by atoms with Crippen LogP contribution in [0.4, 0.5) is 5.69 Å². The lowest BCUT2D eigenvalue weighted by molar-refractivity contribution is -0.158. The predicted octanol–water partition coefficient (Wildman–Crippen LogP) is 1.08. The summed E-state index contributed by atoms with van der Waals surface area (Å²) < 4.78 is 6.80. The molecule has 1 aromatic heterocycles. The number of hydrogen-bond donors (Lipinski definition) is 1. The Morgan fingerprint density at radius 3 is 2.25 bits per heavy atom. The number of likely N-dealkylation sites (tertiary alicyclic amines) is 1. The third kappa shape index (κ3) is 3.65. The zero-order chi connectivity index (χ0) is 20.6. The Bertz CT molecular complexity index is 807. The van der Waals surface area contributed by atoms with Crippen LogP contribution in [-0.2, 0) is 31.0 Å². The molecule has 2 fully saturated rings. The first-order valence-electron chi connectivity index (χ1n) is 9.56. The van der Waals surface area contributed by atoms with Crippen molar-refractivity contribution in [2.24, 2.45) is 18.9 Å². The van der Waals surface area contributed by atoms with Gasteiger partial charge in [0.2, 0.25) is 11.8 Å². The van der Waals surface area contributed by atoms with Gasteiger partial charge in [-0.2, -0.15) is 5.10 Å². The Hall–Kier alpha value is -2.71. The number of amides is 3. The second-order valence-electron chi connectivity index (χ2n) is 7.55. The maximum atomic E-state index is 12.4. The number of carbonyl (C=O) groups excluding carboxylic acids is 4. The normalized spacial score (nSPS) is 22.8. The minimum Gasteiger partial charge on any atom is -0.451 e. The van der Waals surface area contributed by atoms with Gasteiger partial charge in [0.15, 0.2) is 6.10 Å². The molecule has 0 unspecified atom stereocenters. The number of aryl methyl sites for hydroxylation is 2. The van der Waals surface area contributed by atoms with E-state index < -0.39 is 24.5 Å². The van der Waals surface area contributed by atoms with Gasteiger partial charge < -0.3 is 10.1 Å². The Morgan fingerprint density at radius 1 is 1.18 bits per heavy atom. The molecule has 9 nitrogen and oxygen atoms in total. The molecule has 2 aliphatic rings. The average molecular weight is 390 g/mol. The summed E-state index contributed by atoms with van der Waals surface area (Å²) in [6, 6.07) is 0. The third-order valence-corrected chi connectivity index (χ3v) is 5.65. The van der Waals surface area contributed by atoms with Crippen molar-refractivity contribution in [2.45, 2.75) is 52.6 Å². The van der Waals surface area contributed by atoms with Crippen LogP contribution in [0.15, 0.2) is 0 Å². The van der Waals surface area contributed by atoms with Crippen LogP contribution >= 0.6 is 0 Å². The molecule has 1 saturated carbocycles. The highest BCUT2D eigenvalue weighted by molar-refractivity contribution is 6.07. The van der Waals surface area contributed by atoms with Crippen LogP contribution < -0.4 is 5.32 Å². The number of carbonyl (C=O) groups is 4. The number of imide groups is 1.